The summed E-state index contributed by atoms with van der Waals surface area (Å²) >= 11 is 5.74. The van der Waals surface area contributed by atoms with Crippen LogP contribution in [0.15, 0.2) is 18.2 Å². The Morgan fingerprint density at radius 1 is 1.33 bits per heavy atom. The molecule has 0 radical (unpaired) electrons. The number of halogens is 2. The molecule has 0 aromatic heterocycles. The minimum absolute atomic E-state index is 0.00305. The third kappa shape index (κ3) is 5.13. The van der Waals surface area contributed by atoms with Crippen molar-refractivity contribution in [1.82, 2.24) is 15.5 Å². The molecule has 1 aromatic rings. The van der Waals surface area contributed by atoms with Gasteiger partial charge < -0.3 is 25.1 Å². The van der Waals surface area contributed by atoms with Gasteiger partial charge in [-0.25, -0.2) is 4.39 Å². The normalized spacial score (nSPS) is 27.1. The SMILES string of the molecule is O=C[C@H](C[C@@H]1CCNC1=O)NC(=O)[C@@H]1[C@H]2CCC[C@H]2CN1C(=O)COc1ccc(Cl)cc1F. The number of nitrogens with one attached hydrogen (secondary N) is 2. The predicted octanol–water partition coefficient (Wildman–Crippen LogP) is 1.69. The van der Waals surface area contributed by atoms with Crippen LogP contribution < -0.4 is 15.4 Å². The highest BCUT2D eigenvalue weighted by molar-refractivity contribution is 6.30. The van der Waals surface area contributed by atoms with E-state index in [4.69, 9.17) is 16.3 Å². The number of fused-ring (bicyclic) bond motifs is 1. The molecule has 2 heterocycles. The zero-order valence-corrected chi connectivity index (χ0v) is 18.9. The summed E-state index contributed by atoms with van der Waals surface area (Å²) in [5, 5.41) is 5.69. The van der Waals surface area contributed by atoms with Gasteiger partial charge in [-0.2, -0.15) is 0 Å². The smallest absolute Gasteiger partial charge is 0.261 e. The fraction of sp³-hybridized carbons (Fsp3) is 0.565. The second-order valence-electron chi connectivity index (χ2n) is 8.97. The largest absolute Gasteiger partial charge is 0.481 e. The number of nitrogens with zero attached hydrogens (tertiary/aromatic N) is 1. The third-order valence-electron chi connectivity index (χ3n) is 6.92. The molecule has 0 bridgehead atoms. The number of rotatable bonds is 8. The molecule has 1 aliphatic carbocycles. The van der Waals surface area contributed by atoms with E-state index in [1.54, 1.807) is 0 Å². The molecule has 2 saturated heterocycles. The highest BCUT2D eigenvalue weighted by atomic mass is 35.5. The summed E-state index contributed by atoms with van der Waals surface area (Å²) in [6.45, 7) is 0.567. The Bertz CT molecular complexity index is 945. The van der Waals surface area contributed by atoms with Gasteiger partial charge in [0.15, 0.2) is 18.2 Å². The Hall–Kier alpha value is -2.68. The molecule has 4 rings (SSSR count). The van der Waals surface area contributed by atoms with E-state index in [0.29, 0.717) is 25.8 Å². The lowest BCUT2D eigenvalue weighted by atomic mass is 9.92. The van der Waals surface area contributed by atoms with Crippen molar-refractivity contribution in [2.75, 3.05) is 19.7 Å². The van der Waals surface area contributed by atoms with Gasteiger partial charge in [-0.3, -0.25) is 14.4 Å². The fourth-order valence-corrected chi connectivity index (χ4v) is 5.46. The summed E-state index contributed by atoms with van der Waals surface area (Å²) in [5.41, 5.74) is 0. The summed E-state index contributed by atoms with van der Waals surface area (Å²) in [7, 11) is 0. The molecule has 33 heavy (non-hydrogen) atoms. The van der Waals surface area contributed by atoms with Crippen LogP contribution in [0.25, 0.3) is 0 Å². The van der Waals surface area contributed by atoms with E-state index in [2.05, 4.69) is 10.6 Å². The van der Waals surface area contributed by atoms with Crippen molar-refractivity contribution in [2.24, 2.45) is 17.8 Å². The lowest BCUT2D eigenvalue weighted by Crippen LogP contribution is -2.52. The van der Waals surface area contributed by atoms with Gasteiger partial charge in [0.25, 0.3) is 5.91 Å². The van der Waals surface area contributed by atoms with E-state index in [1.165, 1.54) is 17.0 Å². The van der Waals surface area contributed by atoms with Gasteiger partial charge in [0.05, 0.1) is 6.04 Å². The Kier molecular flexibility index (Phi) is 7.17. The minimum atomic E-state index is -0.803. The van der Waals surface area contributed by atoms with E-state index < -0.39 is 36.3 Å². The number of carbonyl (C=O) groups excluding carboxylic acids is 4. The van der Waals surface area contributed by atoms with Crippen LogP contribution in [-0.2, 0) is 19.2 Å². The lowest BCUT2D eigenvalue weighted by molar-refractivity contribution is -0.141. The Balaban J connectivity index is 1.42. The van der Waals surface area contributed by atoms with Crippen LogP contribution in [0.4, 0.5) is 4.39 Å². The Morgan fingerprint density at radius 3 is 2.85 bits per heavy atom. The number of benzene rings is 1. The van der Waals surface area contributed by atoms with Crippen molar-refractivity contribution < 1.29 is 28.3 Å². The number of aldehydes is 1. The summed E-state index contributed by atoms with van der Waals surface area (Å²) in [4.78, 5) is 51.1. The van der Waals surface area contributed by atoms with Gasteiger partial charge in [-0.05, 0) is 55.7 Å². The van der Waals surface area contributed by atoms with Crippen LogP contribution in [0.5, 0.6) is 5.75 Å². The summed E-state index contributed by atoms with van der Waals surface area (Å²) in [6.07, 6.45) is 4.21. The van der Waals surface area contributed by atoms with E-state index >= 15 is 0 Å². The minimum Gasteiger partial charge on any atom is -0.481 e. The maximum atomic E-state index is 14.0. The molecule has 2 aliphatic heterocycles. The first-order valence-electron chi connectivity index (χ1n) is 11.3. The standard InChI is InChI=1S/C23H27ClFN3O5/c24-15-4-5-19(18(25)9-15)33-12-20(30)28-10-14-2-1-3-17(14)21(28)23(32)27-16(11-29)8-13-6-7-26-22(13)31/h4-5,9,11,13-14,16-17,21H,1-3,6-8,10,12H2,(H,26,31)(H,27,32)/t13-,14-,16-,17-,21-/m0/s1. The van der Waals surface area contributed by atoms with Crippen LogP contribution >= 0.6 is 11.6 Å². The Morgan fingerprint density at radius 2 is 2.15 bits per heavy atom. The van der Waals surface area contributed by atoms with Crippen LogP contribution in [-0.4, -0.2) is 60.7 Å². The molecule has 2 N–H and O–H groups in total. The molecule has 3 amide bonds. The molecule has 3 fully saturated rings. The van der Waals surface area contributed by atoms with Crippen molar-refractivity contribution in [2.45, 2.75) is 44.2 Å². The van der Waals surface area contributed by atoms with Gasteiger partial charge in [0.2, 0.25) is 11.8 Å². The molecular formula is C23H27ClFN3O5. The molecule has 10 heteroatoms. The van der Waals surface area contributed by atoms with E-state index in [0.717, 1.165) is 25.3 Å². The van der Waals surface area contributed by atoms with E-state index in [-0.39, 0.29) is 40.9 Å². The number of hydrogen-bond acceptors (Lipinski definition) is 5. The predicted molar refractivity (Wildman–Crippen MR) is 117 cm³/mol. The van der Waals surface area contributed by atoms with Crippen LogP contribution in [0, 0.1) is 23.6 Å². The molecular weight excluding hydrogens is 453 g/mol. The van der Waals surface area contributed by atoms with Gasteiger partial charge in [0.1, 0.15) is 12.3 Å². The topological polar surface area (TPSA) is 105 Å². The molecule has 0 spiro atoms. The number of likely N-dealkylation sites (tertiary alicyclic amines) is 1. The van der Waals surface area contributed by atoms with Crippen LogP contribution in [0.1, 0.15) is 32.1 Å². The maximum absolute atomic E-state index is 14.0. The van der Waals surface area contributed by atoms with Crippen molar-refractivity contribution in [3.8, 4) is 5.75 Å². The molecule has 1 aromatic carbocycles. The summed E-state index contributed by atoms with van der Waals surface area (Å²) in [5.74, 6) is -1.81. The summed E-state index contributed by atoms with van der Waals surface area (Å²) in [6, 6.07) is 2.39. The molecule has 3 aliphatic rings. The fourth-order valence-electron chi connectivity index (χ4n) is 5.31. The first-order valence-corrected chi connectivity index (χ1v) is 11.7. The van der Waals surface area contributed by atoms with Gasteiger partial charge >= 0.3 is 0 Å². The van der Waals surface area contributed by atoms with E-state index in [1.807, 2.05) is 0 Å². The van der Waals surface area contributed by atoms with Crippen molar-refractivity contribution in [3.05, 3.63) is 29.0 Å². The zero-order chi connectivity index (χ0) is 23.5. The molecule has 0 unspecified atom stereocenters. The van der Waals surface area contributed by atoms with E-state index in [9.17, 15) is 23.6 Å². The molecule has 1 saturated carbocycles. The monoisotopic (exact) mass is 479 g/mol. The van der Waals surface area contributed by atoms with Gasteiger partial charge in [-0.15, -0.1) is 0 Å². The highest BCUT2D eigenvalue weighted by Gasteiger charge is 2.49. The van der Waals surface area contributed by atoms with Gasteiger partial charge in [-0.1, -0.05) is 18.0 Å². The number of carbonyl (C=O) groups is 4. The number of amides is 3. The van der Waals surface area contributed by atoms with Crippen molar-refractivity contribution in [1.29, 1.82) is 0 Å². The molecule has 178 valence electrons. The molecule has 8 nitrogen and oxygen atoms in total. The third-order valence-corrected chi connectivity index (χ3v) is 7.15. The molecule has 5 atom stereocenters. The second kappa shape index (κ2) is 10.1. The first kappa shape index (κ1) is 23.5. The average Bonchev–Trinajstić information content (AvgIpc) is 3.48. The van der Waals surface area contributed by atoms with Gasteiger partial charge in [0, 0.05) is 24.0 Å². The van der Waals surface area contributed by atoms with Crippen LogP contribution in [0.3, 0.4) is 0 Å². The first-order chi connectivity index (χ1) is 15.9. The number of hydrogen-bond donors (Lipinski definition) is 2. The van der Waals surface area contributed by atoms with Crippen LogP contribution in [0.2, 0.25) is 5.02 Å². The second-order valence-corrected chi connectivity index (χ2v) is 9.41. The Labute approximate surface area is 196 Å². The number of ether oxygens (including phenoxy) is 1. The zero-order valence-electron chi connectivity index (χ0n) is 18.1. The lowest BCUT2D eigenvalue weighted by Gasteiger charge is -2.28. The average molecular weight is 480 g/mol. The highest BCUT2D eigenvalue weighted by Crippen LogP contribution is 2.42. The quantitative estimate of drug-likeness (QED) is 0.552. The van der Waals surface area contributed by atoms with Crippen molar-refractivity contribution >= 4 is 35.6 Å². The maximum Gasteiger partial charge on any atom is 0.261 e. The summed E-state index contributed by atoms with van der Waals surface area (Å²) < 4.78 is 19.3. The van der Waals surface area contributed by atoms with Crippen molar-refractivity contribution in [3.63, 3.8) is 0 Å².